The van der Waals surface area contributed by atoms with E-state index >= 15 is 0 Å². The van der Waals surface area contributed by atoms with Crippen molar-refractivity contribution in [2.45, 2.75) is 44.8 Å². The predicted molar refractivity (Wildman–Crippen MR) is 134 cm³/mol. The van der Waals surface area contributed by atoms with Gasteiger partial charge in [-0.25, -0.2) is 15.0 Å². The van der Waals surface area contributed by atoms with Crippen molar-refractivity contribution in [3.63, 3.8) is 0 Å². The predicted octanol–water partition coefficient (Wildman–Crippen LogP) is 2.84. The van der Waals surface area contributed by atoms with Crippen LogP contribution in [0.3, 0.4) is 0 Å². The molecule has 0 unspecified atom stereocenters. The van der Waals surface area contributed by atoms with Crippen LogP contribution in [0.1, 0.15) is 31.0 Å². The summed E-state index contributed by atoms with van der Waals surface area (Å²) in [6, 6.07) is 4.49. The number of anilines is 1. The van der Waals surface area contributed by atoms with Gasteiger partial charge in [0.25, 0.3) is 0 Å². The maximum Gasteiger partial charge on any atom is 0.224 e. The summed E-state index contributed by atoms with van der Waals surface area (Å²) in [7, 11) is 0. The molecule has 0 radical (unpaired) electrons. The molecule has 3 aromatic heterocycles. The first-order chi connectivity index (χ1) is 17.0. The normalized spacial score (nSPS) is 18.2. The molecule has 1 atom stereocenters. The van der Waals surface area contributed by atoms with E-state index in [4.69, 9.17) is 21.3 Å². The van der Waals surface area contributed by atoms with E-state index in [0.717, 1.165) is 54.6 Å². The third kappa shape index (κ3) is 6.04. The van der Waals surface area contributed by atoms with Crippen LogP contribution in [0.15, 0.2) is 36.9 Å². The summed E-state index contributed by atoms with van der Waals surface area (Å²) in [5, 5.41) is 7.92. The molecule has 35 heavy (non-hydrogen) atoms. The molecule has 2 fully saturated rings. The number of piperidine rings is 1. The van der Waals surface area contributed by atoms with Gasteiger partial charge < -0.3 is 15.4 Å². The van der Waals surface area contributed by atoms with Gasteiger partial charge in [-0.05, 0) is 56.5 Å². The van der Waals surface area contributed by atoms with Gasteiger partial charge in [-0.1, -0.05) is 11.6 Å². The van der Waals surface area contributed by atoms with Gasteiger partial charge in [-0.15, -0.1) is 0 Å². The van der Waals surface area contributed by atoms with Crippen molar-refractivity contribution in [1.82, 2.24) is 30.2 Å². The highest BCUT2D eigenvalue weighted by atomic mass is 35.5. The number of carbonyl (C=O) groups excluding carboxylic acids is 1. The van der Waals surface area contributed by atoms with Gasteiger partial charge in [0, 0.05) is 42.8 Å². The Morgan fingerprint density at radius 2 is 1.94 bits per heavy atom. The van der Waals surface area contributed by atoms with Crippen LogP contribution in [-0.2, 0) is 22.5 Å². The van der Waals surface area contributed by atoms with Gasteiger partial charge in [0.1, 0.15) is 0 Å². The first-order valence-electron chi connectivity index (χ1n) is 12.1. The number of aromatic nitrogens is 4. The van der Waals surface area contributed by atoms with Gasteiger partial charge in [0.2, 0.25) is 11.9 Å². The Kier molecular flexibility index (Phi) is 7.36. The topological polar surface area (TPSA) is 105 Å². The fourth-order valence-electron chi connectivity index (χ4n) is 4.60. The van der Waals surface area contributed by atoms with E-state index in [2.05, 4.69) is 43.5 Å². The monoisotopic (exact) mass is 495 g/mol. The van der Waals surface area contributed by atoms with Crippen molar-refractivity contribution in [2.75, 3.05) is 31.6 Å². The number of likely N-dealkylation sites (tertiary alicyclic amines) is 1. The van der Waals surface area contributed by atoms with Crippen molar-refractivity contribution in [3.8, 4) is 0 Å². The molecule has 0 aliphatic carbocycles. The van der Waals surface area contributed by atoms with E-state index in [1.165, 1.54) is 0 Å². The lowest BCUT2D eigenvalue weighted by Gasteiger charge is -2.35. The average Bonchev–Trinajstić information content (AvgIpc) is 2.84. The molecule has 2 aliphatic rings. The van der Waals surface area contributed by atoms with Crippen LogP contribution in [0, 0.1) is 5.92 Å². The maximum absolute atomic E-state index is 12.0. The standard InChI is InChI=1S/C25H30ClN7O2/c1-16(30-25-28-9-17(10-29-25)8-23(34)31-21-14-35-15-21)18-4-6-33(7-5-18)13-20-3-2-19-11-27-12-22(26)24(19)32-20/h2-3,9-12,16,18,21H,4-8,13-15H2,1H3,(H,31,34)(H,28,29,30)/t16-/m1/s1. The van der Waals surface area contributed by atoms with Crippen molar-refractivity contribution in [3.05, 3.63) is 53.2 Å². The third-order valence-corrected chi connectivity index (χ3v) is 7.04. The second-order valence-corrected chi connectivity index (χ2v) is 9.84. The molecule has 0 aromatic carbocycles. The molecule has 0 saturated carbocycles. The van der Waals surface area contributed by atoms with Crippen molar-refractivity contribution < 1.29 is 9.53 Å². The zero-order valence-electron chi connectivity index (χ0n) is 19.8. The Labute approximate surface area is 209 Å². The number of nitrogens with zero attached hydrogens (tertiary/aromatic N) is 5. The summed E-state index contributed by atoms with van der Waals surface area (Å²) in [6.45, 7) is 6.22. The number of halogens is 1. The molecule has 184 valence electrons. The lowest BCUT2D eigenvalue weighted by Crippen LogP contribution is -2.49. The lowest BCUT2D eigenvalue weighted by molar-refractivity contribution is -0.124. The molecular weight excluding hydrogens is 466 g/mol. The summed E-state index contributed by atoms with van der Waals surface area (Å²) in [5.41, 5.74) is 2.64. The number of rotatable bonds is 8. The van der Waals surface area contributed by atoms with Crippen LogP contribution >= 0.6 is 11.6 Å². The van der Waals surface area contributed by atoms with Crippen LogP contribution in [0.4, 0.5) is 5.95 Å². The first kappa shape index (κ1) is 23.8. The van der Waals surface area contributed by atoms with E-state index in [9.17, 15) is 4.79 Å². The van der Waals surface area contributed by atoms with Gasteiger partial charge in [0.05, 0.1) is 41.9 Å². The lowest BCUT2D eigenvalue weighted by atomic mass is 9.90. The Morgan fingerprint density at radius 3 is 2.66 bits per heavy atom. The highest BCUT2D eigenvalue weighted by molar-refractivity contribution is 6.34. The van der Waals surface area contributed by atoms with Crippen LogP contribution < -0.4 is 10.6 Å². The average molecular weight is 496 g/mol. The minimum absolute atomic E-state index is 0.0262. The van der Waals surface area contributed by atoms with E-state index in [-0.39, 0.29) is 24.4 Å². The molecule has 9 nitrogen and oxygen atoms in total. The minimum Gasteiger partial charge on any atom is -0.377 e. The van der Waals surface area contributed by atoms with Crippen molar-refractivity contribution >= 4 is 34.4 Å². The van der Waals surface area contributed by atoms with E-state index < -0.39 is 0 Å². The van der Waals surface area contributed by atoms with Crippen molar-refractivity contribution in [1.29, 1.82) is 0 Å². The number of carbonyl (C=O) groups is 1. The summed E-state index contributed by atoms with van der Waals surface area (Å²) < 4.78 is 5.08. The molecule has 3 aromatic rings. The summed E-state index contributed by atoms with van der Waals surface area (Å²) in [6.07, 6.45) is 9.34. The van der Waals surface area contributed by atoms with Gasteiger partial charge in [-0.3, -0.25) is 14.7 Å². The summed E-state index contributed by atoms with van der Waals surface area (Å²) in [4.78, 5) is 32.2. The number of hydrogen-bond donors (Lipinski definition) is 2. The number of pyridine rings is 2. The molecule has 10 heteroatoms. The smallest absolute Gasteiger partial charge is 0.224 e. The molecule has 2 aliphatic heterocycles. The number of ether oxygens (including phenoxy) is 1. The largest absolute Gasteiger partial charge is 0.377 e. The molecular formula is C25H30ClN7O2. The molecule has 5 heterocycles. The van der Waals surface area contributed by atoms with E-state index in [1.54, 1.807) is 24.8 Å². The van der Waals surface area contributed by atoms with Crippen LogP contribution in [0.5, 0.6) is 0 Å². The Bertz CT molecular complexity index is 1160. The second-order valence-electron chi connectivity index (χ2n) is 9.44. The van der Waals surface area contributed by atoms with Crippen LogP contribution in [0.2, 0.25) is 5.02 Å². The summed E-state index contributed by atoms with van der Waals surface area (Å²) >= 11 is 6.27. The van der Waals surface area contributed by atoms with Gasteiger partial charge in [0.15, 0.2) is 0 Å². The SMILES string of the molecule is C[C@@H](Nc1ncc(CC(=O)NC2COC2)cn1)C1CCN(Cc2ccc3cncc(Cl)c3n2)CC1. The van der Waals surface area contributed by atoms with Crippen LogP contribution in [0.25, 0.3) is 10.9 Å². The zero-order valence-corrected chi connectivity index (χ0v) is 20.5. The van der Waals surface area contributed by atoms with Gasteiger partial charge >= 0.3 is 0 Å². The quantitative estimate of drug-likeness (QED) is 0.491. The maximum atomic E-state index is 12.0. The second kappa shape index (κ2) is 10.8. The fraction of sp³-hybridized carbons (Fsp3) is 0.480. The molecule has 0 spiro atoms. The highest BCUT2D eigenvalue weighted by Gasteiger charge is 2.25. The number of fused-ring (bicyclic) bond motifs is 1. The molecule has 2 N–H and O–H groups in total. The molecule has 0 bridgehead atoms. The minimum atomic E-state index is -0.0262. The Balaban J connectivity index is 1.08. The molecule has 2 saturated heterocycles. The highest BCUT2D eigenvalue weighted by Crippen LogP contribution is 2.25. The fourth-order valence-corrected chi connectivity index (χ4v) is 4.81. The molecule has 1 amide bonds. The van der Waals surface area contributed by atoms with Crippen LogP contribution in [-0.4, -0.2) is 69.1 Å². The Morgan fingerprint density at radius 1 is 1.17 bits per heavy atom. The zero-order chi connectivity index (χ0) is 24.2. The molecule has 5 rings (SSSR count). The number of amides is 1. The third-order valence-electron chi connectivity index (χ3n) is 6.77. The van der Waals surface area contributed by atoms with E-state index in [0.29, 0.717) is 30.1 Å². The first-order valence-corrected chi connectivity index (χ1v) is 12.5. The summed E-state index contributed by atoms with van der Waals surface area (Å²) in [5.74, 6) is 1.11. The Hall–Kier alpha value is -2.88. The van der Waals surface area contributed by atoms with Crippen molar-refractivity contribution in [2.24, 2.45) is 5.92 Å². The van der Waals surface area contributed by atoms with E-state index in [1.807, 2.05) is 6.07 Å². The number of nitrogens with one attached hydrogen (secondary N) is 2. The van der Waals surface area contributed by atoms with Gasteiger partial charge in [-0.2, -0.15) is 0 Å². The number of hydrogen-bond acceptors (Lipinski definition) is 8.